The Morgan fingerprint density at radius 1 is 1.06 bits per heavy atom. The van der Waals surface area contributed by atoms with Crippen LogP contribution in [-0.4, -0.2) is 12.1 Å². The fraction of sp³-hybridized carbons (Fsp3) is 1.00. The maximum atomic E-state index is 3.96. The van der Waals surface area contributed by atoms with Crippen molar-refractivity contribution in [2.45, 2.75) is 84.2 Å². The third-order valence-electron chi connectivity index (χ3n) is 4.97. The Bertz CT molecular complexity index is 211. The highest BCUT2D eigenvalue weighted by molar-refractivity contribution is 4.88. The first-order valence-corrected chi connectivity index (χ1v) is 7.37. The van der Waals surface area contributed by atoms with E-state index in [1.807, 2.05) is 0 Å². The summed E-state index contributed by atoms with van der Waals surface area (Å²) in [6, 6.07) is 1.67. The van der Waals surface area contributed by atoms with Crippen molar-refractivity contribution < 1.29 is 0 Å². The minimum Gasteiger partial charge on any atom is -0.311 e. The van der Waals surface area contributed by atoms with Crippen molar-refractivity contribution in [3.05, 3.63) is 0 Å². The molecule has 0 aromatic carbocycles. The van der Waals surface area contributed by atoms with E-state index in [4.69, 9.17) is 0 Å². The van der Waals surface area contributed by atoms with Crippen molar-refractivity contribution in [1.29, 1.82) is 0 Å². The van der Waals surface area contributed by atoms with E-state index in [9.17, 15) is 0 Å². The highest BCUT2D eigenvalue weighted by atomic mass is 15.0. The predicted molar refractivity (Wildman–Crippen MR) is 70.6 cm³/mol. The SMILES string of the molecule is CCC1CCCC1NC1CCC(C)(C)CC1. The Labute approximate surface area is 101 Å². The normalized spacial score (nSPS) is 35.4. The van der Waals surface area contributed by atoms with Crippen LogP contribution in [0.3, 0.4) is 0 Å². The molecular weight excluding hydrogens is 194 g/mol. The second-order valence-corrected chi connectivity index (χ2v) is 6.81. The Kier molecular flexibility index (Phi) is 3.94. The van der Waals surface area contributed by atoms with Gasteiger partial charge in [0.1, 0.15) is 0 Å². The molecule has 1 nitrogen and oxygen atoms in total. The second-order valence-electron chi connectivity index (χ2n) is 6.81. The number of hydrogen-bond acceptors (Lipinski definition) is 1. The van der Waals surface area contributed by atoms with Gasteiger partial charge in [-0.05, 0) is 49.9 Å². The summed E-state index contributed by atoms with van der Waals surface area (Å²) in [6.45, 7) is 7.20. The van der Waals surface area contributed by atoms with Gasteiger partial charge in [-0.25, -0.2) is 0 Å². The van der Waals surface area contributed by atoms with E-state index in [2.05, 4.69) is 26.1 Å². The van der Waals surface area contributed by atoms with Gasteiger partial charge in [-0.15, -0.1) is 0 Å². The third-order valence-corrected chi connectivity index (χ3v) is 4.97. The Morgan fingerprint density at radius 3 is 2.38 bits per heavy atom. The lowest BCUT2D eigenvalue weighted by Gasteiger charge is -2.37. The zero-order valence-electron chi connectivity index (χ0n) is 11.4. The first-order valence-electron chi connectivity index (χ1n) is 7.37. The summed E-state index contributed by atoms with van der Waals surface area (Å²) < 4.78 is 0. The molecule has 2 aliphatic rings. The van der Waals surface area contributed by atoms with Gasteiger partial charge in [-0.2, -0.15) is 0 Å². The van der Waals surface area contributed by atoms with Gasteiger partial charge < -0.3 is 5.32 Å². The minimum atomic E-state index is 0.609. The predicted octanol–water partition coefficient (Wildman–Crippen LogP) is 4.12. The number of hydrogen-bond donors (Lipinski definition) is 1. The Hall–Kier alpha value is -0.0400. The number of nitrogens with one attached hydrogen (secondary N) is 1. The van der Waals surface area contributed by atoms with Gasteiger partial charge in [0.05, 0.1) is 0 Å². The van der Waals surface area contributed by atoms with Crippen LogP contribution in [0.15, 0.2) is 0 Å². The molecule has 2 rings (SSSR count). The van der Waals surface area contributed by atoms with Crippen LogP contribution in [0.2, 0.25) is 0 Å². The van der Waals surface area contributed by atoms with Crippen LogP contribution < -0.4 is 5.32 Å². The molecule has 2 aliphatic carbocycles. The van der Waals surface area contributed by atoms with Gasteiger partial charge in [0, 0.05) is 12.1 Å². The molecule has 0 aliphatic heterocycles. The van der Waals surface area contributed by atoms with E-state index in [1.54, 1.807) is 0 Å². The van der Waals surface area contributed by atoms with Crippen molar-refractivity contribution in [3.63, 3.8) is 0 Å². The molecule has 0 aromatic heterocycles. The average Bonchev–Trinajstić information content (AvgIpc) is 2.68. The minimum absolute atomic E-state index is 0.609. The van der Waals surface area contributed by atoms with Gasteiger partial charge in [0.2, 0.25) is 0 Å². The van der Waals surface area contributed by atoms with Crippen molar-refractivity contribution in [1.82, 2.24) is 5.32 Å². The van der Waals surface area contributed by atoms with Gasteiger partial charge in [0.15, 0.2) is 0 Å². The highest BCUT2D eigenvalue weighted by Crippen LogP contribution is 2.36. The molecule has 0 bridgehead atoms. The molecule has 0 radical (unpaired) electrons. The van der Waals surface area contributed by atoms with Gasteiger partial charge in [-0.1, -0.05) is 33.6 Å². The molecule has 0 spiro atoms. The van der Waals surface area contributed by atoms with Crippen molar-refractivity contribution in [3.8, 4) is 0 Å². The molecule has 94 valence electrons. The molecule has 2 unspecified atom stereocenters. The monoisotopic (exact) mass is 223 g/mol. The van der Waals surface area contributed by atoms with Crippen LogP contribution in [-0.2, 0) is 0 Å². The topological polar surface area (TPSA) is 12.0 Å². The van der Waals surface area contributed by atoms with E-state index in [-0.39, 0.29) is 0 Å². The fourth-order valence-corrected chi connectivity index (χ4v) is 3.61. The summed E-state index contributed by atoms with van der Waals surface area (Å²) in [5.74, 6) is 0.968. The zero-order valence-corrected chi connectivity index (χ0v) is 11.4. The maximum Gasteiger partial charge on any atom is 0.00978 e. The lowest BCUT2D eigenvalue weighted by atomic mass is 9.75. The lowest BCUT2D eigenvalue weighted by Crippen LogP contribution is -2.43. The summed E-state index contributed by atoms with van der Waals surface area (Å²) in [5, 5.41) is 3.96. The molecule has 0 amide bonds. The number of rotatable bonds is 3. The smallest absolute Gasteiger partial charge is 0.00978 e. The van der Waals surface area contributed by atoms with Crippen LogP contribution in [0.1, 0.15) is 72.1 Å². The summed E-state index contributed by atoms with van der Waals surface area (Å²) in [4.78, 5) is 0. The van der Waals surface area contributed by atoms with Gasteiger partial charge in [-0.3, -0.25) is 0 Å². The van der Waals surface area contributed by atoms with Crippen LogP contribution in [0.25, 0.3) is 0 Å². The summed E-state index contributed by atoms with van der Waals surface area (Å²) in [6.07, 6.45) is 11.3. The third kappa shape index (κ3) is 3.00. The first kappa shape index (κ1) is 12.4. The van der Waals surface area contributed by atoms with Crippen LogP contribution in [0, 0.1) is 11.3 Å². The molecule has 2 atom stereocenters. The van der Waals surface area contributed by atoms with Gasteiger partial charge >= 0.3 is 0 Å². The van der Waals surface area contributed by atoms with E-state index in [1.165, 1.54) is 51.4 Å². The summed E-state index contributed by atoms with van der Waals surface area (Å²) in [7, 11) is 0. The van der Waals surface area contributed by atoms with E-state index in [0.717, 1.165) is 18.0 Å². The average molecular weight is 223 g/mol. The molecule has 0 heterocycles. The van der Waals surface area contributed by atoms with Crippen molar-refractivity contribution in [2.75, 3.05) is 0 Å². The van der Waals surface area contributed by atoms with Crippen LogP contribution in [0.5, 0.6) is 0 Å². The Morgan fingerprint density at radius 2 is 1.75 bits per heavy atom. The molecular formula is C15H29N. The highest BCUT2D eigenvalue weighted by Gasteiger charge is 2.31. The van der Waals surface area contributed by atoms with Crippen molar-refractivity contribution >= 4 is 0 Å². The molecule has 1 heteroatoms. The van der Waals surface area contributed by atoms with Crippen molar-refractivity contribution in [2.24, 2.45) is 11.3 Å². The molecule has 1 N–H and O–H groups in total. The van der Waals surface area contributed by atoms with Crippen LogP contribution >= 0.6 is 0 Å². The van der Waals surface area contributed by atoms with E-state index < -0.39 is 0 Å². The summed E-state index contributed by atoms with van der Waals surface area (Å²) in [5.41, 5.74) is 0.609. The second kappa shape index (κ2) is 5.08. The molecule has 0 aromatic rings. The molecule has 2 fully saturated rings. The van der Waals surface area contributed by atoms with E-state index in [0.29, 0.717) is 5.41 Å². The van der Waals surface area contributed by atoms with Crippen LogP contribution in [0.4, 0.5) is 0 Å². The molecule has 2 saturated carbocycles. The first-order chi connectivity index (χ1) is 7.61. The molecule has 0 saturated heterocycles. The Balaban J connectivity index is 1.78. The zero-order chi connectivity index (χ0) is 11.6. The largest absolute Gasteiger partial charge is 0.311 e. The quantitative estimate of drug-likeness (QED) is 0.759. The summed E-state index contributed by atoms with van der Waals surface area (Å²) >= 11 is 0. The van der Waals surface area contributed by atoms with Gasteiger partial charge in [0.25, 0.3) is 0 Å². The molecule has 16 heavy (non-hydrogen) atoms. The maximum absolute atomic E-state index is 3.96. The standard InChI is InChI=1S/C15H29N/c1-4-12-6-5-7-14(12)16-13-8-10-15(2,3)11-9-13/h12-14,16H,4-11H2,1-3H3. The lowest BCUT2D eigenvalue weighted by molar-refractivity contribution is 0.190. The van der Waals surface area contributed by atoms with E-state index >= 15 is 0 Å². The fourth-order valence-electron chi connectivity index (χ4n) is 3.61.